The van der Waals surface area contributed by atoms with Gasteiger partial charge in [0.25, 0.3) is 5.91 Å². The maximum Gasteiger partial charge on any atom is 0.270 e. The maximum atomic E-state index is 12.8. The molecular formula is C22H31N3O2. The number of carbonyl (C=O) groups is 1. The van der Waals surface area contributed by atoms with Crippen molar-refractivity contribution in [2.75, 3.05) is 33.3 Å². The van der Waals surface area contributed by atoms with Gasteiger partial charge in [0.2, 0.25) is 0 Å². The zero-order chi connectivity index (χ0) is 18.8. The Morgan fingerprint density at radius 2 is 2.07 bits per heavy atom. The molecule has 1 aromatic heterocycles. The monoisotopic (exact) mass is 369 g/mol. The van der Waals surface area contributed by atoms with E-state index in [1.807, 2.05) is 29.2 Å². The predicted molar refractivity (Wildman–Crippen MR) is 108 cm³/mol. The number of nitrogens with zero attached hydrogens (tertiary/aromatic N) is 2. The minimum absolute atomic E-state index is 0.115. The quantitative estimate of drug-likeness (QED) is 0.869. The van der Waals surface area contributed by atoms with Crippen LogP contribution in [0.15, 0.2) is 24.3 Å². The van der Waals surface area contributed by atoms with E-state index in [1.54, 1.807) is 0 Å². The van der Waals surface area contributed by atoms with Crippen LogP contribution < -0.4 is 4.74 Å². The van der Waals surface area contributed by atoms with Gasteiger partial charge < -0.3 is 19.5 Å². The van der Waals surface area contributed by atoms with Crippen LogP contribution in [0.1, 0.15) is 49.5 Å². The first-order valence-electron chi connectivity index (χ1n) is 10.4. The fourth-order valence-corrected chi connectivity index (χ4v) is 4.52. The summed E-state index contributed by atoms with van der Waals surface area (Å²) in [7, 11) is 2.20. The Hall–Kier alpha value is -2.01. The lowest BCUT2D eigenvalue weighted by Gasteiger charge is -2.30. The molecule has 1 N–H and O–H groups in total. The lowest BCUT2D eigenvalue weighted by molar-refractivity contribution is 0.0678. The number of aromatic nitrogens is 1. The summed E-state index contributed by atoms with van der Waals surface area (Å²) >= 11 is 0. The third-order valence-electron chi connectivity index (χ3n) is 6.16. The van der Waals surface area contributed by atoms with Crippen molar-refractivity contribution in [1.82, 2.24) is 14.8 Å². The molecule has 0 aliphatic carbocycles. The minimum atomic E-state index is 0.115. The van der Waals surface area contributed by atoms with Gasteiger partial charge >= 0.3 is 0 Å². The fourth-order valence-electron chi connectivity index (χ4n) is 4.52. The van der Waals surface area contributed by atoms with Gasteiger partial charge in [-0.1, -0.05) is 6.92 Å². The minimum Gasteiger partial charge on any atom is -0.494 e. The van der Waals surface area contributed by atoms with Gasteiger partial charge in [0.1, 0.15) is 11.4 Å². The van der Waals surface area contributed by atoms with Crippen LogP contribution in [0.4, 0.5) is 0 Å². The van der Waals surface area contributed by atoms with E-state index in [2.05, 4.69) is 23.9 Å². The summed E-state index contributed by atoms with van der Waals surface area (Å²) in [5, 5.41) is 1.04. The molecule has 1 aromatic carbocycles. The number of carbonyl (C=O) groups excluding carboxylic acids is 1. The van der Waals surface area contributed by atoms with E-state index in [1.165, 1.54) is 25.8 Å². The van der Waals surface area contributed by atoms with Gasteiger partial charge in [-0.15, -0.1) is 0 Å². The number of amides is 1. The van der Waals surface area contributed by atoms with Crippen LogP contribution in [0.5, 0.6) is 5.75 Å². The van der Waals surface area contributed by atoms with E-state index in [0.717, 1.165) is 49.2 Å². The summed E-state index contributed by atoms with van der Waals surface area (Å²) in [4.78, 5) is 20.5. The van der Waals surface area contributed by atoms with Crippen LogP contribution in [-0.4, -0.2) is 60.0 Å². The van der Waals surface area contributed by atoms with Crippen molar-refractivity contribution >= 4 is 16.8 Å². The van der Waals surface area contributed by atoms with Gasteiger partial charge in [0, 0.05) is 30.0 Å². The van der Waals surface area contributed by atoms with Gasteiger partial charge in [-0.3, -0.25) is 4.79 Å². The zero-order valence-corrected chi connectivity index (χ0v) is 16.5. The third-order valence-corrected chi connectivity index (χ3v) is 6.16. The van der Waals surface area contributed by atoms with Crippen LogP contribution >= 0.6 is 0 Å². The number of H-pyrrole nitrogens is 1. The summed E-state index contributed by atoms with van der Waals surface area (Å²) in [6, 6.07) is 8.67. The average Bonchev–Trinajstić information content (AvgIpc) is 3.27. The first-order valence-corrected chi connectivity index (χ1v) is 10.4. The SMILES string of the molecule is CC1CCCN(C(=O)c2cc3cc(OCCC4CCCN4C)ccc3[nH]2)C1. The molecule has 2 aromatic rings. The number of fused-ring (bicyclic) bond motifs is 1. The Labute approximate surface area is 161 Å². The van der Waals surface area contributed by atoms with Crippen LogP contribution in [0.3, 0.4) is 0 Å². The summed E-state index contributed by atoms with van der Waals surface area (Å²) < 4.78 is 5.99. The predicted octanol–water partition coefficient (Wildman–Crippen LogP) is 3.90. The standard InChI is InChI=1S/C22H31N3O2/c1-16-5-3-11-25(15-16)22(26)21-14-17-13-19(7-8-20(17)23-21)27-12-9-18-6-4-10-24(18)2/h7-8,13-14,16,18,23H,3-6,9-12,15H2,1-2H3. The highest BCUT2D eigenvalue weighted by Crippen LogP contribution is 2.25. The number of rotatable bonds is 5. The van der Waals surface area contributed by atoms with Gasteiger partial charge in [0.05, 0.1) is 6.61 Å². The van der Waals surface area contributed by atoms with Crippen molar-refractivity contribution in [3.63, 3.8) is 0 Å². The van der Waals surface area contributed by atoms with Crippen LogP contribution in [0.2, 0.25) is 0 Å². The van der Waals surface area contributed by atoms with Crippen LogP contribution in [-0.2, 0) is 0 Å². The molecule has 2 aliphatic heterocycles. The molecule has 0 bridgehead atoms. The maximum absolute atomic E-state index is 12.8. The molecule has 27 heavy (non-hydrogen) atoms. The Balaban J connectivity index is 1.40. The molecule has 1 amide bonds. The normalized spacial score (nSPS) is 23.9. The smallest absolute Gasteiger partial charge is 0.270 e. The van der Waals surface area contributed by atoms with Gasteiger partial charge in [0.15, 0.2) is 0 Å². The van der Waals surface area contributed by atoms with Crippen LogP contribution in [0, 0.1) is 5.92 Å². The second-order valence-corrected chi connectivity index (χ2v) is 8.34. The third kappa shape index (κ3) is 4.13. The average molecular weight is 370 g/mol. The summed E-state index contributed by atoms with van der Waals surface area (Å²) in [5.41, 5.74) is 1.68. The highest BCUT2D eigenvalue weighted by atomic mass is 16.5. The van der Waals surface area contributed by atoms with Gasteiger partial charge in [-0.05, 0) is 75.9 Å². The molecule has 0 saturated carbocycles. The number of hydrogen-bond donors (Lipinski definition) is 1. The van der Waals surface area contributed by atoms with Gasteiger partial charge in [-0.2, -0.15) is 0 Å². The number of nitrogens with one attached hydrogen (secondary N) is 1. The highest BCUT2D eigenvalue weighted by molar-refractivity contribution is 5.98. The van der Waals surface area contributed by atoms with Crippen molar-refractivity contribution in [3.05, 3.63) is 30.0 Å². The highest BCUT2D eigenvalue weighted by Gasteiger charge is 2.23. The van der Waals surface area contributed by atoms with E-state index in [-0.39, 0.29) is 5.91 Å². The van der Waals surface area contributed by atoms with E-state index < -0.39 is 0 Å². The molecule has 4 rings (SSSR count). The van der Waals surface area contributed by atoms with Crippen molar-refractivity contribution in [1.29, 1.82) is 0 Å². The summed E-state index contributed by atoms with van der Waals surface area (Å²) in [5.74, 6) is 1.59. The number of hydrogen-bond acceptors (Lipinski definition) is 3. The molecule has 2 atom stereocenters. The van der Waals surface area contributed by atoms with E-state index in [4.69, 9.17) is 4.74 Å². The molecule has 2 unspecified atom stereocenters. The summed E-state index contributed by atoms with van der Waals surface area (Å²) in [6.45, 7) is 5.88. The van der Waals surface area contributed by atoms with E-state index >= 15 is 0 Å². The largest absolute Gasteiger partial charge is 0.494 e. The first kappa shape index (κ1) is 18.4. The number of piperidine rings is 1. The molecule has 0 spiro atoms. The Morgan fingerprint density at radius 3 is 2.85 bits per heavy atom. The second kappa shape index (κ2) is 7.93. The molecule has 2 saturated heterocycles. The van der Waals surface area contributed by atoms with Crippen molar-refractivity contribution < 1.29 is 9.53 Å². The second-order valence-electron chi connectivity index (χ2n) is 8.34. The number of aromatic amines is 1. The molecule has 146 valence electrons. The molecule has 0 radical (unpaired) electrons. The Morgan fingerprint density at radius 1 is 1.22 bits per heavy atom. The topological polar surface area (TPSA) is 48.6 Å². The molecule has 5 nitrogen and oxygen atoms in total. The molecule has 2 aliphatic rings. The van der Waals surface area contributed by atoms with Crippen molar-refractivity contribution in [2.45, 2.75) is 45.1 Å². The lowest BCUT2D eigenvalue weighted by atomic mass is 10.00. The summed E-state index contributed by atoms with van der Waals surface area (Å²) in [6.07, 6.45) is 5.95. The van der Waals surface area contributed by atoms with Crippen LogP contribution in [0.25, 0.3) is 10.9 Å². The lowest BCUT2D eigenvalue weighted by Crippen LogP contribution is -2.39. The molecule has 2 fully saturated rings. The van der Waals surface area contributed by atoms with E-state index in [0.29, 0.717) is 17.7 Å². The number of benzene rings is 1. The Kier molecular flexibility index (Phi) is 5.39. The van der Waals surface area contributed by atoms with Gasteiger partial charge in [-0.25, -0.2) is 0 Å². The fraction of sp³-hybridized carbons (Fsp3) is 0.591. The van der Waals surface area contributed by atoms with Crippen molar-refractivity contribution in [2.24, 2.45) is 5.92 Å². The zero-order valence-electron chi connectivity index (χ0n) is 16.5. The molecule has 3 heterocycles. The first-order chi connectivity index (χ1) is 13.1. The number of ether oxygens (including phenoxy) is 1. The Bertz CT molecular complexity index is 800. The van der Waals surface area contributed by atoms with Crippen molar-refractivity contribution in [3.8, 4) is 5.75 Å². The molecular weight excluding hydrogens is 338 g/mol. The van der Waals surface area contributed by atoms with E-state index in [9.17, 15) is 4.79 Å². The number of likely N-dealkylation sites (tertiary alicyclic amines) is 2. The molecule has 5 heteroatoms.